The lowest BCUT2D eigenvalue weighted by atomic mass is 10.0. The molecule has 0 aliphatic carbocycles. The summed E-state index contributed by atoms with van der Waals surface area (Å²) < 4.78 is 13.7. The first-order chi connectivity index (χ1) is 9.25. The van der Waals surface area contributed by atoms with Gasteiger partial charge in [-0.1, -0.05) is 12.1 Å². The van der Waals surface area contributed by atoms with E-state index in [9.17, 15) is 9.18 Å². The Kier molecular flexibility index (Phi) is 3.75. The van der Waals surface area contributed by atoms with Gasteiger partial charge in [-0.2, -0.15) is 0 Å². The number of hydrogen-bond donors (Lipinski definition) is 2. The number of thioether (sulfide) groups is 1. The van der Waals surface area contributed by atoms with Gasteiger partial charge in [-0.05, 0) is 31.0 Å². The summed E-state index contributed by atoms with van der Waals surface area (Å²) in [4.78, 5) is 12.9. The average molecular weight is 280 g/mol. The van der Waals surface area contributed by atoms with Gasteiger partial charge in [0.15, 0.2) is 0 Å². The van der Waals surface area contributed by atoms with Crippen molar-refractivity contribution in [1.82, 2.24) is 10.6 Å². The molecule has 2 aliphatic heterocycles. The molecule has 2 aliphatic rings. The smallest absolute Gasteiger partial charge is 0.224 e. The van der Waals surface area contributed by atoms with E-state index in [0.29, 0.717) is 4.90 Å². The number of amides is 1. The second-order valence-electron chi connectivity index (χ2n) is 5.05. The summed E-state index contributed by atoms with van der Waals surface area (Å²) in [5.41, 5.74) is 0.926. The molecule has 2 heterocycles. The molecule has 19 heavy (non-hydrogen) atoms. The molecule has 1 aromatic carbocycles. The van der Waals surface area contributed by atoms with Gasteiger partial charge in [0.2, 0.25) is 5.91 Å². The molecule has 3 rings (SSSR count). The highest BCUT2D eigenvalue weighted by atomic mass is 32.2. The second-order valence-corrected chi connectivity index (χ2v) is 6.15. The number of carbonyl (C=O) groups excluding carboxylic acids is 1. The Balaban J connectivity index is 1.76. The van der Waals surface area contributed by atoms with Crippen molar-refractivity contribution >= 4 is 17.7 Å². The number of carbonyl (C=O) groups is 1. The third kappa shape index (κ3) is 2.62. The molecule has 1 saturated heterocycles. The molecule has 1 fully saturated rings. The lowest BCUT2D eigenvalue weighted by Gasteiger charge is -2.27. The molecular formula is C14H17FN2OS. The third-order valence-corrected chi connectivity index (χ3v) is 4.93. The maximum Gasteiger partial charge on any atom is 0.224 e. The Morgan fingerprint density at radius 2 is 2.32 bits per heavy atom. The zero-order valence-corrected chi connectivity index (χ0v) is 11.4. The van der Waals surface area contributed by atoms with Crippen molar-refractivity contribution in [2.45, 2.75) is 23.8 Å². The Morgan fingerprint density at radius 3 is 3.11 bits per heavy atom. The molecule has 0 spiro atoms. The minimum Gasteiger partial charge on any atom is -0.349 e. The van der Waals surface area contributed by atoms with Crippen molar-refractivity contribution in [2.75, 3.05) is 18.8 Å². The molecule has 1 amide bonds. The molecule has 0 radical (unpaired) electrons. The van der Waals surface area contributed by atoms with Crippen LogP contribution in [-0.2, 0) is 4.79 Å². The minimum absolute atomic E-state index is 0.0416. The molecule has 2 unspecified atom stereocenters. The van der Waals surface area contributed by atoms with Gasteiger partial charge in [-0.15, -0.1) is 11.8 Å². The minimum atomic E-state index is -0.177. The highest BCUT2D eigenvalue weighted by Gasteiger charge is 2.28. The van der Waals surface area contributed by atoms with Crippen LogP contribution in [0.3, 0.4) is 0 Å². The van der Waals surface area contributed by atoms with Crippen LogP contribution in [-0.4, -0.2) is 24.7 Å². The predicted octanol–water partition coefficient (Wildman–Crippen LogP) is 2.09. The van der Waals surface area contributed by atoms with Gasteiger partial charge in [0.1, 0.15) is 5.82 Å². The largest absolute Gasteiger partial charge is 0.349 e. The summed E-state index contributed by atoms with van der Waals surface area (Å²) in [5, 5.41) is 6.28. The van der Waals surface area contributed by atoms with E-state index >= 15 is 0 Å². The van der Waals surface area contributed by atoms with Crippen LogP contribution in [0.1, 0.15) is 24.4 Å². The molecule has 0 bridgehead atoms. The van der Waals surface area contributed by atoms with Crippen LogP contribution in [0.2, 0.25) is 0 Å². The fraction of sp³-hybridized carbons (Fsp3) is 0.500. The molecule has 3 nitrogen and oxygen atoms in total. The maximum absolute atomic E-state index is 13.7. The van der Waals surface area contributed by atoms with Gasteiger partial charge >= 0.3 is 0 Å². The molecule has 2 N–H and O–H groups in total. The van der Waals surface area contributed by atoms with Crippen LogP contribution < -0.4 is 10.6 Å². The quantitative estimate of drug-likeness (QED) is 0.871. The fourth-order valence-corrected chi connectivity index (χ4v) is 3.85. The zero-order chi connectivity index (χ0) is 13.2. The maximum atomic E-state index is 13.7. The predicted molar refractivity (Wildman–Crippen MR) is 73.6 cm³/mol. The van der Waals surface area contributed by atoms with E-state index in [4.69, 9.17) is 0 Å². The van der Waals surface area contributed by atoms with Crippen LogP contribution in [0.4, 0.5) is 4.39 Å². The summed E-state index contributed by atoms with van der Waals surface area (Å²) in [7, 11) is 0. The van der Waals surface area contributed by atoms with Gasteiger partial charge < -0.3 is 10.6 Å². The van der Waals surface area contributed by atoms with Gasteiger partial charge in [-0.3, -0.25) is 4.79 Å². The monoisotopic (exact) mass is 280 g/mol. The number of rotatable bonds is 2. The van der Waals surface area contributed by atoms with E-state index in [0.717, 1.165) is 37.2 Å². The van der Waals surface area contributed by atoms with E-state index in [-0.39, 0.29) is 23.7 Å². The van der Waals surface area contributed by atoms with Crippen molar-refractivity contribution in [3.05, 3.63) is 29.6 Å². The zero-order valence-electron chi connectivity index (χ0n) is 10.6. The van der Waals surface area contributed by atoms with Crippen molar-refractivity contribution in [2.24, 2.45) is 5.92 Å². The van der Waals surface area contributed by atoms with Gasteiger partial charge in [0.05, 0.1) is 12.0 Å². The summed E-state index contributed by atoms with van der Waals surface area (Å²) in [5.74, 6) is 0.828. The first-order valence-electron chi connectivity index (χ1n) is 6.68. The molecule has 102 valence electrons. The molecular weight excluding hydrogens is 263 g/mol. The van der Waals surface area contributed by atoms with Crippen molar-refractivity contribution in [3.63, 3.8) is 0 Å². The van der Waals surface area contributed by atoms with E-state index < -0.39 is 0 Å². The Bertz CT molecular complexity index is 488. The Morgan fingerprint density at radius 1 is 1.42 bits per heavy atom. The lowest BCUT2D eigenvalue weighted by molar-refractivity contribution is -0.125. The van der Waals surface area contributed by atoms with Crippen molar-refractivity contribution in [1.29, 1.82) is 0 Å². The normalized spacial score (nSPS) is 25.9. The molecule has 0 aromatic heterocycles. The number of halogens is 1. The van der Waals surface area contributed by atoms with E-state index in [1.54, 1.807) is 6.07 Å². The first-order valence-corrected chi connectivity index (χ1v) is 7.66. The Hall–Kier alpha value is -1.07. The summed E-state index contributed by atoms with van der Waals surface area (Å²) in [6, 6.07) is 5.08. The van der Waals surface area contributed by atoms with Crippen LogP contribution >= 0.6 is 11.8 Å². The summed E-state index contributed by atoms with van der Waals surface area (Å²) in [6.45, 7) is 1.66. The molecule has 2 atom stereocenters. The third-order valence-electron chi connectivity index (χ3n) is 3.77. The van der Waals surface area contributed by atoms with Crippen molar-refractivity contribution < 1.29 is 9.18 Å². The first kappa shape index (κ1) is 12.9. The van der Waals surface area contributed by atoms with Crippen LogP contribution in [0.5, 0.6) is 0 Å². The molecule has 5 heteroatoms. The molecule has 1 aromatic rings. The number of benzene rings is 1. The standard InChI is InChI=1S/C14H17FN2OS/c15-11-3-1-2-10-12(5-7-19-13(10)11)17-14(18)9-4-6-16-8-9/h1-3,9,12,16H,4-8H2,(H,17,18). The van der Waals surface area contributed by atoms with E-state index in [2.05, 4.69) is 10.6 Å². The number of fused-ring (bicyclic) bond motifs is 1. The van der Waals surface area contributed by atoms with E-state index in [1.165, 1.54) is 17.8 Å². The lowest BCUT2D eigenvalue weighted by Crippen LogP contribution is -2.36. The van der Waals surface area contributed by atoms with E-state index in [1.807, 2.05) is 6.07 Å². The highest BCUT2D eigenvalue weighted by Crippen LogP contribution is 2.37. The van der Waals surface area contributed by atoms with Crippen molar-refractivity contribution in [3.8, 4) is 0 Å². The average Bonchev–Trinajstić information content (AvgIpc) is 2.94. The van der Waals surface area contributed by atoms with Crippen LogP contribution in [0.25, 0.3) is 0 Å². The number of nitrogens with one attached hydrogen (secondary N) is 2. The number of hydrogen-bond acceptors (Lipinski definition) is 3. The SMILES string of the molecule is O=C(NC1CCSc2c(F)cccc21)C1CCNC1. The van der Waals surface area contributed by atoms with Gasteiger partial charge in [-0.25, -0.2) is 4.39 Å². The topological polar surface area (TPSA) is 41.1 Å². The summed E-state index contributed by atoms with van der Waals surface area (Å²) in [6.07, 6.45) is 1.76. The van der Waals surface area contributed by atoms with Crippen LogP contribution in [0, 0.1) is 11.7 Å². The highest BCUT2D eigenvalue weighted by molar-refractivity contribution is 7.99. The van der Waals surface area contributed by atoms with Gasteiger partial charge in [0.25, 0.3) is 0 Å². The summed E-state index contributed by atoms with van der Waals surface area (Å²) >= 11 is 1.54. The van der Waals surface area contributed by atoms with Crippen LogP contribution in [0.15, 0.2) is 23.1 Å². The molecule has 0 saturated carbocycles. The second kappa shape index (κ2) is 5.51. The fourth-order valence-electron chi connectivity index (χ4n) is 2.70. The van der Waals surface area contributed by atoms with Gasteiger partial charge in [0, 0.05) is 17.2 Å². The Labute approximate surface area is 116 Å².